The minimum atomic E-state index is -0.643. The van der Waals surface area contributed by atoms with E-state index in [0.717, 1.165) is 28.9 Å². The first-order valence-electron chi connectivity index (χ1n) is 11.1. The number of benzene rings is 3. The molecular weight excluding hydrogens is 438 g/mol. The molecule has 3 N–H and O–H groups in total. The molecule has 2 unspecified atom stereocenters. The van der Waals surface area contributed by atoms with Crippen LogP contribution in [-0.2, 0) is 6.42 Å². The van der Waals surface area contributed by atoms with Crippen LogP contribution >= 0.6 is 12.4 Å². The predicted molar refractivity (Wildman–Crippen MR) is 134 cm³/mol. The lowest BCUT2D eigenvalue weighted by atomic mass is 10.0. The number of rotatable bonds is 12. The molecule has 0 bridgehead atoms. The number of aliphatic hydroxyl groups excluding tert-OH is 3. The summed E-state index contributed by atoms with van der Waals surface area (Å²) in [6.07, 6.45) is -0.518. The molecule has 0 aliphatic carbocycles. The maximum absolute atomic E-state index is 10.8. The Labute approximate surface area is 202 Å². The van der Waals surface area contributed by atoms with Crippen molar-refractivity contribution in [2.75, 3.05) is 26.3 Å². The van der Waals surface area contributed by atoms with Crippen LogP contribution in [0.15, 0.2) is 84.9 Å². The Morgan fingerprint density at radius 3 is 1.70 bits per heavy atom. The lowest BCUT2D eigenvalue weighted by Crippen LogP contribution is -2.40. The van der Waals surface area contributed by atoms with Gasteiger partial charge in [-0.25, -0.2) is 0 Å². The molecule has 0 spiro atoms. The Morgan fingerprint density at radius 2 is 1.24 bits per heavy atom. The molecule has 5 nitrogen and oxygen atoms in total. The summed E-state index contributed by atoms with van der Waals surface area (Å²) in [7, 11) is 0. The van der Waals surface area contributed by atoms with Crippen molar-refractivity contribution in [2.24, 2.45) is 0 Å². The fraction of sp³-hybridized carbons (Fsp3) is 0.333. The molecule has 178 valence electrons. The summed E-state index contributed by atoms with van der Waals surface area (Å²) in [4.78, 5) is 2.14. The van der Waals surface area contributed by atoms with E-state index in [0.29, 0.717) is 13.1 Å². The van der Waals surface area contributed by atoms with E-state index in [9.17, 15) is 10.2 Å². The number of nitrogens with zero attached hydrogens (tertiary/aromatic N) is 1. The Bertz CT molecular complexity index is 861. The Kier molecular flexibility index (Phi) is 11.4. The zero-order valence-electron chi connectivity index (χ0n) is 19.0. The van der Waals surface area contributed by atoms with Gasteiger partial charge in [0.05, 0.1) is 18.8 Å². The minimum absolute atomic E-state index is 0. The third-order valence-corrected chi connectivity index (χ3v) is 5.62. The van der Waals surface area contributed by atoms with Crippen LogP contribution in [0.4, 0.5) is 0 Å². The highest BCUT2D eigenvalue weighted by Gasteiger charge is 2.22. The van der Waals surface area contributed by atoms with Crippen molar-refractivity contribution in [3.63, 3.8) is 0 Å². The van der Waals surface area contributed by atoms with Crippen molar-refractivity contribution in [2.45, 2.75) is 31.6 Å². The first-order valence-corrected chi connectivity index (χ1v) is 11.1. The summed E-state index contributed by atoms with van der Waals surface area (Å²) in [6.45, 7) is 3.23. The van der Waals surface area contributed by atoms with Gasteiger partial charge in [-0.15, -0.1) is 12.4 Å². The van der Waals surface area contributed by atoms with Gasteiger partial charge in [0.1, 0.15) is 12.4 Å². The highest BCUT2D eigenvalue weighted by molar-refractivity contribution is 5.85. The van der Waals surface area contributed by atoms with Gasteiger partial charge < -0.3 is 20.1 Å². The molecule has 0 saturated carbocycles. The van der Waals surface area contributed by atoms with E-state index in [4.69, 9.17) is 9.84 Å². The van der Waals surface area contributed by atoms with E-state index >= 15 is 0 Å². The van der Waals surface area contributed by atoms with Crippen LogP contribution in [-0.4, -0.2) is 52.6 Å². The molecule has 3 aromatic rings. The molecule has 0 radical (unpaired) electrons. The van der Waals surface area contributed by atoms with Crippen molar-refractivity contribution in [3.05, 3.63) is 102 Å². The predicted octanol–water partition coefficient (Wildman–Crippen LogP) is 4.18. The third-order valence-electron chi connectivity index (χ3n) is 5.62. The molecule has 0 aliphatic rings. The first-order chi connectivity index (χ1) is 15.6. The van der Waals surface area contributed by atoms with Crippen molar-refractivity contribution >= 4 is 12.4 Å². The lowest BCUT2D eigenvalue weighted by Gasteiger charge is -2.33. The lowest BCUT2D eigenvalue weighted by molar-refractivity contribution is 0.0480. The zero-order chi connectivity index (χ0) is 22.8. The van der Waals surface area contributed by atoms with Gasteiger partial charge in [0.25, 0.3) is 0 Å². The van der Waals surface area contributed by atoms with Gasteiger partial charge in [-0.1, -0.05) is 72.8 Å². The van der Waals surface area contributed by atoms with E-state index in [1.54, 1.807) is 0 Å². The van der Waals surface area contributed by atoms with Crippen LogP contribution < -0.4 is 4.74 Å². The summed E-state index contributed by atoms with van der Waals surface area (Å²) >= 11 is 0. The highest BCUT2D eigenvalue weighted by atomic mass is 35.5. The Balaban J connectivity index is 0.00000385. The Morgan fingerprint density at radius 1 is 0.758 bits per heavy atom. The molecule has 0 aliphatic heterocycles. The maximum atomic E-state index is 10.8. The number of aliphatic hydroxyl groups is 3. The van der Waals surface area contributed by atoms with Gasteiger partial charge in [-0.05, 0) is 42.2 Å². The molecule has 0 amide bonds. The Hall–Kier alpha value is -2.41. The summed E-state index contributed by atoms with van der Waals surface area (Å²) in [5, 5.41) is 30.6. The van der Waals surface area contributed by atoms with Gasteiger partial charge in [0.15, 0.2) is 0 Å². The topological polar surface area (TPSA) is 73.2 Å². The monoisotopic (exact) mass is 471 g/mol. The largest absolute Gasteiger partial charge is 0.491 e. The number of halogens is 1. The minimum Gasteiger partial charge on any atom is -0.491 e. The summed E-state index contributed by atoms with van der Waals surface area (Å²) < 4.78 is 5.44. The second-order valence-electron chi connectivity index (χ2n) is 8.08. The van der Waals surface area contributed by atoms with Crippen LogP contribution in [0.2, 0.25) is 0 Å². The maximum Gasteiger partial charge on any atom is 0.119 e. The molecular formula is C27H34ClNO4. The molecule has 3 aromatic carbocycles. The fourth-order valence-corrected chi connectivity index (χ4v) is 3.80. The fourth-order valence-electron chi connectivity index (χ4n) is 3.80. The van der Waals surface area contributed by atoms with Crippen LogP contribution in [0.3, 0.4) is 0 Å². The molecule has 0 fully saturated rings. The van der Waals surface area contributed by atoms with E-state index in [-0.39, 0.29) is 31.7 Å². The second-order valence-corrected chi connectivity index (χ2v) is 8.08. The van der Waals surface area contributed by atoms with E-state index in [2.05, 4.69) is 11.8 Å². The van der Waals surface area contributed by atoms with Crippen molar-refractivity contribution in [1.82, 2.24) is 4.90 Å². The number of hydrogen-bond donors (Lipinski definition) is 3. The summed E-state index contributed by atoms with van der Waals surface area (Å²) in [5.41, 5.74) is 2.87. The quantitative estimate of drug-likeness (QED) is 0.369. The molecule has 6 heteroatoms. The molecule has 33 heavy (non-hydrogen) atoms. The number of hydrogen-bond acceptors (Lipinski definition) is 5. The van der Waals surface area contributed by atoms with Crippen LogP contribution in [0.25, 0.3) is 0 Å². The van der Waals surface area contributed by atoms with Crippen molar-refractivity contribution in [1.29, 1.82) is 0 Å². The first kappa shape index (κ1) is 26.8. The highest BCUT2D eigenvalue weighted by Crippen LogP contribution is 2.22. The van der Waals surface area contributed by atoms with Gasteiger partial charge in [-0.2, -0.15) is 0 Å². The van der Waals surface area contributed by atoms with E-state index in [1.807, 2.05) is 84.9 Å². The standard InChI is InChI=1S/C27H33NO4.ClH/c1-21(18-22-12-14-25(15-13-22)32-17-16-29)28(19-26(30)23-8-4-2-5-9-23)20-27(31)24-10-6-3-7-11-24;/h2-15,21,26-27,29-31H,16-20H2,1H3;1H/t21?,26-,27?;/m0./s1. The molecule has 3 rings (SSSR count). The van der Waals surface area contributed by atoms with E-state index < -0.39 is 12.2 Å². The second kappa shape index (κ2) is 14.0. The SMILES string of the molecule is CC(Cc1ccc(OCCO)cc1)N(CC(O)c1ccccc1)C[C@H](O)c1ccccc1.Cl. The molecule has 3 atom stereocenters. The average Bonchev–Trinajstić information content (AvgIpc) is 2.84. The summed E-state index contributed by atoms with van der Waals surface area (Å²) in [5.74, 6) is 0.728. The van der Waals surface area contributed by atoms with E-state index in [1.165, 1.54) is 0 Å². The molecule has 0 heterocycles. The smallest absolute Gasteiger partial charge is 0.119 e. The van der Waals surface area contributed by atoms with Crippen molar-refractivity contribution in [3.8, 4) is 5.75 Å². The van der Waals surface area contributed by atoms with Gasteiger partial charge >= 0.3 is 0 Å². The van der Waals surface area contributed by atoms with Gasteiger partial charge in [0.2, 0.25) is 0 Å². The van der Waals surface area contributed by atoms with Crippen LogP contribution in [0.1, 0.15) is 35.8 Å². The normalized spacial score (nSPS) is 13.7. The molecule has 0 saturated heterocycles. The van der Waals surface area contributed by atoms with Crippen molar-refractivity contribution < 1.29 is 20.1 Å². The zero-order valence-corrected chi connectivity index (χ0v) is 19.8. The van der Waals surface area contributed by atoms with Gasteiger partial charge in [0, 0.05) is 19.1 Å². The average molecular weight is 472 g/mol. The molecule has 0 aromatic heterocycles. The summed E-state index contributed by atoms with van der Waals surface area (Å²) in [6, 6.07) is 27.2. The number of ether oxygens (including phenoxy) is 1. The van der Waals surface area contributed by atoms with Crippen LogP contribution in [0.5, 0.6) is 5.75 Å². The third kappa shape index (κ3) is 8.46. The van der Waals surface area contributed by atoms with Crippen LogP contribution in [0, 0.1) is 0 Å². The van der Waals surface area contributed by atoms with Gasteiger partial charge in [-0.3, -0.25) is 4.90 Å².